The quantitative estimate of drug-likeness (QED) is 0.769. The van der Waals surface area contributed by atoms with Crippen LogP contribution in [0.15, 0.2) is 23.5 Å². The second kappa shape index (κ2) is 4.44. The number of benzene rings is 1. The van der Waals surface area contributed by atoms with Gasteiger partial charge in [0.2, 0.25) is 0 Å². The number of aromatic nitrogens is 2. The van der Waals surface area contributed by atoms with E-state index >= 15 is 0 Å². The highest BCUT2D eigenvalue weighted by atomic mass is 32.2. The highest BCUT2D eigenvalue weighted by Gasteiger charge is 2.16. The molecule has 0 bridgehead atoms. The molecule has 2 aromatic rings. The van der Waals surface area contributed by atoms with Crippen LogP contribution in [0.3, 0.4) is 0 Å². The SMILES string of the molecule is CSc1nc(C)cn1-c1c(F)cc(F)cc1F. The maximum Gasteiger partial charge on any atom is 0.172 e. The molecule has 1 heterocycles. The van der Waals surface area contributed by atoms with E-state index in [1.54, 1.807) is 13.2 Å². The van der Waals surface area contributed by atoms with Crippen LogP contribution in [0.5, 0.6) is 0 Å². The molecule has 17 heavy (non-hydrogen) atoms. The smallest absolute Gasteiger partial charge is 0.172 e. The Morgan fingerprint density at radius 3 is 2.29 bits per heavy atom. The molecular weight excluding hydrogens is 249 g/mol. The van der Waals surface area contributed by atoms with Crippen molar-refractivity contribution in [2.45, 2.75) is 12.1 Å². The van der Waals surface area contributed by atoms with Crippen molar-refractivity contribution >= 4 is 11.8 Å². The summed E-state index contributed by atoms with van der Waals surface area (Å²) in [5.41, 5.74) is 0.328. The molecule has 0 atom stereocenters. The molecule has 0 spiro atoms. The molecule has 0 amide bonds. The van der Waals surface area contributed by atoms with Crippen LogP contribution in [0.25, 0.3) is 5.69 Å². The summed E-state index contributed by atoms with van der Waals surface area (Å²) >= 11 is 1.26. The molecule has 0 N–H and O–H groups in total. The predicted octanol–water partition coefficient (Wildman–Crippen LogP) is 3.32. The molecule has 1 aromatic heterocycles. The Morgan fingerprint density at radius 1 is 1.18 bits per heavy atom. The van der Waals surface area contributed by atoms with Crippen molar-refractivity contribution in [3.05, 3.63) is 41.5 Å². The summed E-state index contributed by atoms with van der Waals surface area (Å²) in [5.74, 6) is -2.84. The summed E-state index contributed by atoms with van der Waals surface area (Å²) < 4.78 is 41.3. The van der Waals surface area contributed by atoms with Gasteiger partial charge in [-0.05, 0) is 13.2 Å². The van der Waals surface area contributed by atoms with Gasteiger partial charge in [0.15, 0.2) is 16.8 Å². The van der Waals surface area contributed by atoms with Gasteiger partial charge in [-0.1, -0.05) is 11.8 Å². The van der Waals surface area contributed by atoms with Crippen molar-refractivity contribution in [3.8, 4) is 5.69 Å². The number of imidazole rings is 1. The fourth-order valence-corrected chi connectivity index (χ4v) is 2.12. The van der Waals surface area contributed by atoms with Gasteiger partial charge in [-0.3, -0.25) is 4.57 Å². The monoisotopic (exact) mass is 258 g/mol. The summed E-state index contributed by atoms with van der Waals surface area (Å²) in [4.78, 5) is 4.11. The summed E-state index contributed by atoms with van der Waals surface area (Å²) in [7, 11) is 0. The molecule has 0 unspecified atom stereocenters. The van der Waals surface area contributed by atoms with Gasteiger partial charge in [0.05, 0.1) is 5.69 Å². The molecule has 0 fully saturated rings. The van der Waals surface area contributed by atoms with E-state index in [9.17, 15) is 13.2 Å². The van der Waals surface area contributed by atoms with E-state index in [1.807, 2.05) is 0 Å². The lowest BCUT2D eigenvalue weighted by molar-refractivity contribution is 0.530. The number of nitrogens with zero attached hydrogens (tertiary/aromatic N) is 2. The van der Waals surface area contributed by atoms with Gasteiger partial charge in [0.1, 0.15) is 11.5 Å². The van der Waals surface area contributed by atoms with E-state index in [-0.39, 0.29) is 5.69 Å². The molecule has 2 rings (SSSR count). The Bertz CT molecular complexity index is 543. The van der Waals surface area contributed by atoms with Crippen LogP contribution in [-0.4, -0.2) is 15.8 Å². The van der Waals surface area contributed by atoms with E-state index in [2.05, 4.69) is 4.98 Å². The number of thioether (sulfide) groups is 1. The van der Waals surface area contributed by atoms with Crippen LogP contribution in [0.4, 0.5) is 13.2 Å². The van der Waals surface area contributed by atoms with Crippen LogP contribution < -0.4 is 0 Å². The standard InChI is InChI=1S/C11H9F3N2S/c1-6-5-16(11(15-6)17-2)10-8(13)3-7(12)4-9(10)14/h3-5H,1-2H3. The molecule has 0 aliphatic carbocycles. The van der Waals surface area contributed by atoms with Gasteiger partial charge < -0.3 is 0 Å². The van der Waals surface area contributed by atoms with Crippen molar-refractivity contribution < 1.29 is 13.2 Å². The van der Waals surface area contributed by atoms with Gasteiger partial charge in [-0.15, -0.1) is 0 Å². The summed E-state index contributed by atoms with van der Waals surface area (Å²) in [6, 6.07) is 1.30. The lowest BCUT2D eigenvalue weighted by Crippen LogP contribution is -2.02. The molecule has 0 saturated heterocycles. The molecule has 0 aliphatic heterocycles. The van der Waals surface area contributed by atoms with Crippen LogP contribution >= 0.6 is 11.8 Å². The summed E-state index contributed by atoms with van der Waals surface area (Å²) in [6.45, 7) is 1.72. The Morgan fingerprint density at radius 2 is 1.76 bits per heavy atom. The van der Waals surface area contributed by atoms with Crippen LogP contribution in [0, 0.1) is 24.4 Å². The fourth-order valence-electron chi connectivity index (χ4n) is 1.54. The first kappa shape index (κ1) is 12.0. The molecule has 1 aromatic carbocycles. The minimum atomic E-state index is -0.949. The van der Waals surface area contributed by atoms with Gasteiger partial charge >= 0.3 is 0 Å². The zero-order valence-electron chi connectivity index (χ0n) is 9.17. The average Bonchev–Trinajstić information content (AvgIpc) is 2.58. The lowest BCUT2D eigenvalue weighted by Gasteiger charge is -2.08. The Labute approximate surface area is 100 Å². The normalized spacial score (nSPS) is 10.9. The second-order valence-corrected chi connectivity index (χ2v) is 4.23. The van der Waals surface area contributed by atoms with E-state index in [0.29, 0.717) is 23.0 Å². The van der Waals surface area contributed by atoms with Gasteiger partial charge in [0, 0.05) is 18.3 Å². The number of hydrogen-bond donors (Lipinski definition) is 0. The van der Waals surface area contributed by atoms with Crippen molar-refractivity contribution in [3.63, 3.8) is 0 Å². The van der Waals surface area contributed by atoms with Crippen LogP contribution in [0.1, 0.15) is 5.69 Å². The van der Waals surface area contributed by atoms with Crippen LogP contribution in [0.2, 0.25) is 0 Å². The minimum absolute atomic E-state index is 0.309. The topological polar surface area (TPSA) is 17.8 Å². The van der Waals surface area contributed by atoms with E-state index in [0.717, 1.165) is 0 Å². The van der Waals surface area contributed by atoms with E-state index in [1.165, 1.54) is 22.5 Å². The number of rotatable bonds is 2. The minimum Gasteiger partial charge on any atom is -0.289 e. The molecule has 0 radical (unpaired) electrons. The molecule has 0 aliphatic rings. The maximum atomic E-state index is 13.6. The van der Waals surface area contributed by atoms with E-state index < -0.39 is 17.5 Å². The lowest BCUT2D eigenvalue weighted by atomic mass is 10.3. The fraction of sp³-hybridized carbons (Fsp3) is 0.182. The molecule has 90 valence electrons. The third-order valence-corrected chi connectivity index (χ3v) is 2.85. The second-order valence-electron chi connectivity index (χ2n) is 3.46. The summed E-state index contributed by atoms with van der Waals surface area (Å²) in [6.07, 6.45) is 3.25. The average molecular weight is 258 g/mol. The first-order valence-electron chi connectivity index (χ1n) is 4.78. The molecule has 0 saturated carbocycles. The maximum absolute atomic E-state index is 13.6. The first-order chi connectivity index (χ1) is 8.02. The Kier molecular flexibility index (Phi) is 3.15. The molecule has 2 nitrogen and oxygen atoms in total. The zero-order valence-corrected chi connectivity index (χ0v) is 9.99. The zero-order chi connectivity index (χ0) is 12.6. The Balaban J connectivity index is 2.67. The third kappa shape index (κ3) is 2.17. The van der Waals surface area contributed by atoms with Crippen molar-refractivity contribution in [1.82, 2.24) is 9.55 Å². The van der Waals surface area contributed by atoms with Crippen LogP contribution in [-0.2, 0) is 0 Å². The van der Waals surface area contributed by atoms with Crippen molar-refractivity contribution in [2.75, 3.05) is 6.26 Å². The Hall–Kier alpha value is -1.43. The van der Waals surface area contributed by atoms with Gasteiger partial charge in [-0.2, -0.15) is 0 Å². The molecular formula is C11H9F3N2S. The number of aryl methyl sites for hydroxylation is 1. The van der Waals surface area contributed by atoms with Crippen molar-refractivity contribution in [1.29, 1.82) is 0 Å². The molecule has 6 heteroatoms. The van der Waals surface area contributed by atoms with Gasteiger partial charge in [0.25, 0.3) is 0 Å². The first-order valence-corrected chi connectivity index (χ1v) is 6.00. The largest absolute Gasteiger partial charge is 0.289 e. The number of hydrogen-bond acceptors (Lipinski definition) is 2. The van der Waals surface area contributed by atoms with Gasteiger partial charge in [-0.25, -0.2) is 18.2 Å². The van der Waals surface area contributed by atoms with E-state index in [4.69, 9.17) is 0 Å². The number of halogens is 3. The highest BCUT2D eigenvalue weighted by Crippen LogP contribution is 2.25. The third-order valence-electron chi connectivity index (χ3n) is 2.20. The predicted molar refractivity (Wildman–Crippen MR) is 60.0 cm³/mol. The summed E-state index contributed by atoms with van der Waals surface area (Å²) in [5, 5.41) is 0.451. The van der Waals surface area contributed by atoms with Crippen molar-refractivity contribution in [2.24, 2.45) is 0 Å². The highest BCUT2D eigenvalue weighted by molar-refractivity contribution is 7.98.